The van der Waals surface area contributed by atoms with E-state index >= 15 is 0 Å². The molecule has 0 radical (unpaired) electrons. The number of nitrogens with one attached hydrogen (secondary N) is 1. The van der Waals surface area contributed by atoms with Gasteiger partial charge in [0.25, 0.3) is 0 Å². The average Bonchev–Trinajstić information content (AvgIpc) is 2.30. The van der Waals surface area contributed by atoms with E-state index in [9.17, 15) is 4.39 Å². The van der Waals surface area contributed by atoms with Crippen LogP contribution in [0.15, 0.2) is 18.2 Å². The third-order valence-electron chi connectivity index (χ3n) is 3.20. The molecule has 1 aromatic rings. The highest BCUT2D eigenvalue weighted by Gasteiger charge is 2.12. The summed E-state index contributed by atoms with van der Waals surface area (Å²) in [7, 11) is 0. The van der Waals surface area contributed by atoms with Crippen molar-refractivity contribution in [2.75, 3.05) is 13.1 Å². The van der Waals surface area contributed by atoms with Crippen molar-refractivity contribution in [3.05, 3.63) is 34.6 Å². The first-order valence-corrected chi connectivity index (χ1v) is 7.20. The van der Waals surface area contributed by atoms with Crippen molar-refractivity contribution in [2.45, 2.75) is 46.3 Å². The maximum atomic E-state index is 13.6. The van der Waals surface area contributed by atoms with Crippen molar-refractivity contribution in [3.63, 3.8) is 0 Å². The highest BCUT2D eigenvalue weighted by molar-refractivity contribution is 6.30. The SMILES string of the molecule is CC(C)N(CCNCc1ccc(Cl)cc1F)C(C)C. The quantitative estimate of drug-likeness (QED) is 0.769. The van der Waals surface area contributed by atoms with E-state index in [0.29, 0.717) is 29.2 Å². The Kier molecular flexibility index (Phi) is 6.76. The predicted molar refractivity (Wildman–Crippen MR) is 80.1 cm³/mol. The zero-order valence-electron chi connectivity index (χ0n) is 12.2. The molecule has 0 amide bonds. The summed E-state index contributed by atoms with van der Waals surface area (Å²) in [6, 6.07) is 5.85. The van der Waals surface area contributed by atoms with Gasteiger partial charge < -0.3 is 5.32 Å². The normalized spacial score (nSPS) is 11.8. The maximum Gasteiger partial charge on any atom is 0.129 e. The van der Waals surface area contributed by atoms with Crippen LogP contribution in [0.25, 0.3) is 0 Å². The van der Waals surface area contributed by atoms with Gasteiger partial charge in [0.2, 0.25) is 0 Å². The van der Waals surface area contributed by atoms with Crippen LogP contribution in [0, 0.1) is 5.82 Å². The Bertz CT molecular complexity index is 386. The zero-order valence-corrected chi connectivity index (χ0v) is 13.0. The molecule has 1 aromatic carbocycles. The topological polar surface area (TPSA) is 15.3 Å². The first kappa shape index (κ1) is 16.4. The molecule has 0 aliphatic rings. The molecule has 0 atom stereocenters. The van der Waals surface area contributed by atoms with Crippen molar-refractivity contribution >= 4 is 11.6 Å². The fourth-order valence-electron chi connectivity index (χ4n) is 2.21. The minimum absolute atomic E-state index is 0.246. The molecule has 0 saturated carbocycles. The van der Waals surface area contributed by atoms with Crippen LogP contribution in [-0.4, -0.2) is 30.1 Å². The van der Waals surface area contributed by atoms with Gasteiger partial charge in [-0.2, -0.15) is 0 Å². The summed E-state index contributed by atoms with van der Waals surface area (Å²) in [6.07, 6.45) is 0. The van der Waals surface area contributed by atoms with Crippen molar-refractivity contribution in [1.82, 2.24) is 10.2 Å². The lowest BCUT2D eigenvalue weighted by atomic mass is 10.2. The first-order chi connectivity index (χ1) is 8.91. The van der Waals surface area contributed by atoms with Crippen LogP contribution in [0.4, 0.5) is 4.39 Å². The summed E-state index contributed by atoms with van der Waals surface area (Å²) in [6.45, 7) is 11.1. The monoisotopic (exact) mass is 286 g/mol. The molecule has 1 rings (SSSR count). The minimum atomic E-state index is -0.246. The molecular weight excluding hydrogens is 263 g/mol. The lowest BCUT2D eigenvalue weighted by molar-refractivity contribution is 0.175. The Morgan fingerprint density at radius 3 is 2.37 bits per heavy atom. The summed E-state index contributed by atoms with van der Waals surface area (Å²) in [5, 5.41) is 3.71. The van der Waals surface area contributed by atoms with Gasteiger partial charge in [0.05, 0.1) is 0 Å². The molecule has 4 heteroatoms. The fraction of sp³-hybridized carbons (Fsp3) is 0.600. The Morgan fingerprint density at radius 1 is 1.21 bits per heavy atom. The molecule has 0 unspecified atom stereocenters. The largest absolute Gasteiger partial charge is 0.311 e. The van der Waals surface area contributed by atoms with Gasteiger partial charge in [-0.1, -0.05) is 17.7 Å². The number of nitrogens with zero attached hydrogens (tertiary/aromatic N) is 1. The van der Waals surface area contributed by atoms with Crippen LogP contribution in [0.3, 0.4) is 0 Å². The second-order valence-electron chi connectivity index (χ2n) is 5.34. The molecule has 1 N–H and O–H groups in total. The van der Waals surface area contributed by atoms with E-state index in [2.05, 4.69) is 37.9 Å². The Balaban J connectivity index is 2.38. The standard InChI is InChI=1S/C15H24ClFN2/c1-11(2)19(12(3)4)8-7-18-10-13-5-6-14(16)9-15(13)17/h5-6,9,11-12,18H,7-8,10H2,1-4H3. The van der Waals surface area contributed by atoms with E-state index in [1.54, 1.807) is 12.1 Å². The number of benzene rings is 1. The average molecular weight is 287 g/mol. The molecule has 0 bridgehead atoms. The molecular formula is C15H24ClFN2. The lowest BCUT2D eigenvalue weighted by Crippen LogP contribution is -2.41. The number of hydrogen-bond acceptors (Lipinski definition) is 2. The summed E-state index contributed by atoms with van der Waals surface area (Å²) in [5.41, 5.74) is 0.657. The van der Waals surface area contributed by atoms with Gasteiger partial charge in [-0.3, -0.25) is 4.90 Å². The molecule has 0 saturated heterocycles. The second-order valence-corrected chi connectivity index (χ2v) is 5.77. The molecule has 0 fully saturated rings. The van der Waals surface area contributed by atoms with Gasteiger partial charge in [0, 0.05) is 42.3 Å². The summed E-state index contributed by atoms with van der Waals surface area (Å²) in [5.74, 6) is -0.246. The molecule has 0 spiro atoms. The molecule has 0 heterocycles. The molecule has 2 nitrogen and oxygen atoms in total. The molecule has 19 heavy (non-hydrogen) atoms. The van der Waals surface area contributed by atoms with Crippen LogP contribution < -0.4 is 5.32 Å². The van der Waals surface area contributed by atoms with Crippen molar-refractivity contribution in [3.8, 4) is 0 Å². The zero-order chi connectivity index (χ0) is 14.4. The van der Waals surface area contributed by atoms with Crippen molar-refractivity contribution < 1.29 is 4.39 Å². The van der Waals surface area contributed by atoms with Crippen molar-refractivity contribution in [2.24, 2.45) is 0 Å². The second kappa shape index (κ2) is 7.83. The summed E-state index contributed by atoms with van der Waals surface area (Å²) < 4.78 is 13.6. The van der Waals surface area contributed by atoms with Crippen LogP contribution in [0.1, 0.15) is 33.3 Å². The van der Waals surface area contributed by atoms with Gasteiger partial charge in [0.1, 0.15) is 5.82 Å². The minimum Gasteiger partial charge on any atom is -0.311 e. The smallest absolute Gasteiger partial charge is 0.129 e. The fourth-order valence-corrected chi connectivity index (χ4v) is 2.37. The summed E-state index contributed by atoms with van der Waals surface area (Å²) >= 11 is 5.72. The number of hydrogen-bond donors (Lipinski definition) is 1. The molecule has 0 aromatic heterocycles. The van der Waals surface area contributed by atoms with E-state index in [0.717, 1.165) is 13.1 Å². The third kappa shape index (κ3) is 5.47. The van der Waals surface area contributed by atoms with E-state index in [4.69, 9.17) is 11.6 Å². The van der Waals surface area contributed by atoms with Crippen LogP contribution in [-0.2, 0) is 6.54 Å². The summed E-state index contributed by atoms with van der Waals surface area (Å²) in [4.78, 5) is 2.41. The van der Waals surface area contributed by atoms with E-state index in [1.165, 1.54) is 6.07 Å². The Morgan fingerprint density at radius 2 is 1.84 bits per heavy atom. The first-order valence-electron chi connectivity index (χ1n) is 6.82. The molecule has 0 aliphatic carbocycles. The van der Waals surface area contributed by atoms with Crippen LogP contribution in [0.2, 0.25) is 5.02 Å². The number of halogens is 2. The van der Waals surface area contributed by atoms with Crippen molar-refractivity contribution in [1.29, 1.82) is 0 Å². The van der Waals surface area contributed by atoms with E-state index in [-0.39, 0.29) is 5.82 Å². The van der Waals surface area contributed by atoms with Gasteiger partial charge in [-0.25, -0.2) is 4.39 Å². The third-order valence-corrected chi connectivity index (χ3v) is 3.44. The number of rotatable bonds is 7. The van der Waals surface area contributed by atoms with Gasteiger partial charge in [0.15, 0.2) is 0 Å². The Hall–Kier alpha value is -0.640. The highest BCUT2D eigenvalue weighted by Crippen LogP contribution is 2.14. The highest BCUT2D eigenvalue weighted by atomic mass is 35.5. The van der Waals surface area contributed by atoms with Crippen LogP contribution >= 0.6 is 11.6 Å². The van der Waals surface area contributed by atoms with E-state index in [1.807, 2.05) is 0 Å². The maximum absolute atomic E-state index is 13.6. The van der Waals surface area contributed by atoms with E-state index < -0.39 is 0 Å². The van der Waals surface area contributed by atoms with Crippen LogP contribution in [0.5, 0.6) is 0 Å². The van der Waals surface area contributed by atoms with Gasteiger partial charge in [-0.15, -0.1) is 0 Å². The van der Waals surface area contributed by atoms with Gasteiger partial charge in [-0.05, 0) is 39.8 Å². The molecule has 0 aliphatic heterocycles. The Labute approximate surface area is 120 Å². The van der Waals surface area contributed by atoms with Gasteiger partial charge >= 0.3 is 0 Å². The molecule has 108 valence electrons. The predicted octanol–water partition coefficient (Wildman–Crippen LogP) is 3.69. The lowest BCUT2D eigenvalue weighted by Gasteiger charge is -2.30.